The van der Waals surface area contributed by atoms with Crippen LogP contribution in [-0.2, 0) is 21.4 Å². The zero-order chi connectivity index (χ0) is 17.9. The van der Waals surface area contributed by atoms with Gasteiger partial charge in [0.2, 0.25) is 16.6 Å². The molecule has 0 saturated carbocycles. The Labute approximate surface area is 142 Å². The number of hydrogen-bond acceptors (Lipinski definition) is 3. The molecule has 0 unspecified atom stereocenters. The molecule has 7 heteroatoms. The second kappa shape index (κ2) is 7.11. The van der Waals surface area contributed by atoms with E-state index in [1.807, 2.05) is 32.0 Å². The van der Waals surface area contributed by atoms with Crippen LogP contribution in [0.2, 0.25) is 0 Å². The van der Waals surface area contributed by atoms with Gasteiger partial charge in [0, 0.05) is 25.8 Å². The maximum Gasteiger partial charge on any atom is 0.290 e. The monoisotopic (exact) mass is 348 g/mol. The predicted molar refractivity (Wildman–Crippen MR) is 92.1 cm³/mol. The summed E-state index contributed by atoms with van der Waals surface area (Å²) in [5, 5.41) is 2.89. The number of pyridine rings is 1. The summed E-state index contributed by atoms with van der Waals surface area (Å²) in [6.45, 7) is 3.89. The van der Waals surface area contributed by atoms with E-state index in [1.165, 1.54) is 26.4 Å². The topological polar surface area (TPSA) is 70.4 Å². The van der Waals surface area contributed by atoms with Crippen molar-refractivity contribution < 1.29 is 17.8 Å². The van der Waals surface area contributed by atoms with Crippen LogP contribution in [0, 0.1) is 13.8 Å². The number of nitrogens with one attached hydrogen (secondary N) is 1. The molecule has 2 aromatic rings. The van der Waals surface area contributed by atoms with Gasteiger partial charge in [0.1, 0.15) is 4.90 Å². The second-order valence-corrected chi connectivity index (χ2v) is 7.97. The minimum atomic E-state index is -3.53. The Hall–Kier alpha value is -2.25. The number of nitrogens with zero attached hydrogens (tertiary/aromatic N) is 2. The van der Waals surface area contributed by atoms with E-state index < -0.39 is 10.0 Å². The van der Waals surface area contributed by atoms with Crippen LogP contribution in [0.15, 0.2) is 47.6 Å². The van der Waals surface area contributed by atoms with Crippen LogP contribution in [0.1, 0.15) is 11.1 Å². The van der Waals surface area contributed by atoms with Gasteiger partial charge in [-0.1, -0.05) is 18.2 Å². The maximum atomic E-state index is 12.3. The van der Waals surface area contributed by atoms with Crippen LogP contribution in [-0.4, -0.2) is 32.7 Å². The van der Waals surface area contributed by atoms with Crippen molar-refractivity contribution in [3.05, 3.63) is 53.9 Å². The molecule has 0 aliphatic carbocycles. The molecule has 0 atom stereocenters. The van der Waals surface area contributed by atoms with E-state index in [9.17, 15) is 13.2 Å². The lowest BCUT2D eigenvalue weighted by molar-refractivity contribution is -0.686. The van der Waals surface area contributed by atoms with Gasteiger partial charge < -0.3 is 5.32 Å². The number of aryl methyl sites for hydroxylation is 2. The minimum absolute atomic E-state index is 0.0323. The summed E-state index contributed by atoms with van der Waals surface area (Å²) in [5.41, 5.74) is 2.76. The quantitative estimate of drug-likeness (QED) is 0.832. The number of sulfonamides is 1. The molecule has 1 aromatic carbocycles. The summed E-state index contributed by atoms with van der Waals surface area (Å²) in [4.78, 5) is 12.4. The average Bonchev–Trinajstić information content (AvgIpc) is 2.51. The third-order valence-corrected chi connectivity index (χ3v) is 5.48. The Kier molecular flexibility index (Phi) is 5.36. The number of amides is 1. The molecule has 0 bridgehead atoms. The van der Waals surface area contributed by atoms with Gasteiger partial charge >= 0.3 is 0 Å². The number of anilines is 1. The molecule has 1 amide bonds. The van der Waals surface area contributed by atoms with Crippen molar-refractivity contribution in [1.82, 2.24) is 4.31 Å². The number of hydrogen-bond donors (Lipinski definition) is 1. The fraction of sp³-hybridized carbons (Fsp3) is 0.294. The molecular formula is C17H22N3O3S+. The molecule has 0 saturated heterocycles. The summed E-state index contributed by atoms with van der Waals surface area (Å²) < 4.78 is 27.0. The molecule has 2 rings (SSSR count). The Morgan fingerprint density at radius 2 is 1.75 bits per heavy atom. The van der Waals surface area contributed by atoms with Crippen molar-refractivity contribution in [3.8, 4) is 0 Å². The van der Waals surface area contributed by atoms with Gasteiger partial charge in [-0.25, -0.2) is 12.7 Å². The smallest absolute Gasteiger partial charge is 0.290 e. The Morgan fingerprint density at radius 1 is 1.12 bits per heavy atom. The number of carbonyl (C=O) groups is 1. The summed E-state index contributed by atoms with van der Waals surface area (Å²) in [5.74, 6) is -0.211. The lowest BCUT2D eigenvalue weighted by atomic mass is 10.1. The van der Waals surface area contributed by atoms with Crippen LogP contribution in [0.3, 0.4) is 0 Å². The highest BCUT2D eigenvalue weighted by Crippen LogP contribution is 2.19. The number of aromatic nitrogens is 1. The molecule has 6 nitrogen and oxygen atoms in total. The first-order valence-electron chi connectivity index (χ1n) is 7.49. The Bertz CT molecular complexity index is 841. The van der Waals surface area contributed by atoms with E-state index in [2.05, 4.69) is 5.32 Å². The first kappa shape index (κ1) is 18.1. The lowest BCUT2D eigenvalue weighted by Crippen LogP contribution is -2.41. The van der Waals surface area contributed by atoms with Gasteiger partial charge in [0.05, 0.1) is 0 Å². The van der Waals surface area contributed by atoms with Gasteiger partial charge in [-0.15, -0.1) is 0 Å². The second-order valence-electron chi connectivity index (χ2n) is 5.81. The fourth-order valence-corrected chi connectivity index (χ4v) is 3.26. The molecule has 1 N–H and O–H groups in total. The summed E-state index contributed by atoms with van der Waals surface area (Å²) in [7, 11) is -0.582. The third kappa shape index (κ3) is 3.98. The number of carbonyl (C=O) groups excluding carboxylic acids is 1. The zero-order valence-corrected chi connectivity index (χ0v) is 15.1. The summed E-state index contributed by atoms with van der Waals surface area (Å²) in [6, 6.07) is 8.92. The standard InChI is InChI=1S/C17H21N3O3S/c1-13-7-5-8-14(2)17(13)18-16(21)12-20-10-6-9-15(11-20)24(22,23)19(3)4/h5-11H,12H2,1-4H3/p+1. The third-order valence-electron chi connectivity index (χ3n) is 3.68. The van der Waals surface area contributed by atoms with Crippen LogP contribution < -0.4 is 9.88 Å². The molecule has 0 spiro atoms. The van der Waals surface area contributed by atoms with E-state index in [0.717, 1.165) is 21.1 Å². The van der Waals surface area contributed by atoms with Gasteiger partial charge in [-0.2, -0.15) is 4.57 Å². The van der Waals surface area contributed by atoms with E-state index in [0.29, 0.717) is 0 Å². The highest BCUT2D eigenvalue weighted by atomic mass is 32.2. The van der Waals surface area contributed by atoms with Crippen molar-refractivity contribution in [3.63, 3.8) is 0 Å². The van der Waals surface area contributed by atoms with E-state index in [-0.39, 0.29) is 17.3 Å². The maximum absolute atomic E-state index is 12.3. The fourth-order valence-electron chi connectivity index (χ4n) is 2.32. The number of benzene rings is 1. The van der Waals surface area contributed by atoms with Crippen molar-refractivity contribution in [2.24, 2.45) is 0 Å². The Morgan fingerprint density at radius 3 is 2.33 bits per heavy atom. The van der Waals surface area contributed by atoms with Crippen molar-refractivity contribution in [2.45, 2.75) is 25.3 Å². The molecule has 128 valence electrons. The van der Waals surface area contributed by atoms with Gasteiger partial charge in [-0.3, -0.25) is 4.79 Å². The van der Waals surface area contributed by atoms with E-state index in [4.69, 9.17) is 0 Å². The van der Waals surface area contributed by atoms with Crippen LogP contribution in [0.4, 0.5) is 5.69 Å². The van der Waals surface area contributed by atoms with Crippen molar-refractivity contribution >= 4 is 21.6 Å². The normalized spacial score (nSPS) is 11.5. The number of para-hydroxylation sites is 1. The van der Waals surface area contributed by atoms with E-state index >= 15 is 0 Å². The van der Waals surface area contributed by atoms with E-state index in [1.54, 1.807) is 16.8 Å². The molecule has 0 fully saturated rings. The van der Waals surface area contributed by atoms with Crippen LogP contribution in [0.5, 0.6) is 0 Å². The highest BCUT2D eigenvalue weighted by molar-refractivity contribution is 7.89. The average molecular weight is 348 g/mol. The highest BCUT2D eigenvalue weighted by Gasteiger charge is 2.21. The van der Waals surface area contributed by atoms with Crippen molar-refractivity contribution in [2.75, 3.05) is 19.4 Å². The largest absolute Gasteiger partial charge is 0.320 e. The van der Waals surface area contributed by atoms with Gasteiger partial charge in [0.15, 0.2) is 12.4 Å². The zero-order valence-electron chi connectivity index (χ0n) is 14.3. The molecule has 0 aliphatic rings. The predicted octanol–water partition coefficient (Wildman–Crippen LogP) is 1.48. The first-order chi connectivity index (χ1) is 11.2. The molecule has 0 radical (unpaired) electrons. The molecule has 1 aromatic heterocycles. The van der Waals surface area contributed by atoms with Crippen LogP contribution in [0.25, 0.3) is 0 Å². The SMILES string of the molecule is Cc1cccc(C)c1NC(=O)C[n+]1cccc(S(=O)(=O)N(C)C)c1. The molecular weight excluding hydrogens is 326 g/mol. The number of rotatable bonds is 5. The van der Waals surface area contributed by atoms with Crippen LogP contribution >= 0.6 is 0 Å². The summed E-state index contributed by atoms with van der Waals surface area (Å²) in [6.07, 6.45) is 3.12. The minimum Gasteiger partial charge on any atom is -0.320 e. The molecule has 0 aliphatic heterocycles. The van der Waals surface area contributed by atoms with Crippen molar-refractivity contribution in [1.29, 1.82) is 0 Å². The van der Waals surface area contributed by atoms with Gasteiger partial charge in [-0.05, 0) is 31.0 Å². The molecule has 1 heterocycles. The molecule has 24 heavy (non-hydrogen) atoms. The lowest BCUT2D eigenvalue weighted by Gasteiger charge is -2.11. The Balaban J connectivity index is 2.19. The van der Waals surface area contributed by atoms with Gasteiger partial charge in [0.25, 0.3) is 5.91 Å². The first-order valence-corrected chi connectivity index (χ1v) is 8.93. The summed E-state index contributed by atoms with van der Waals surface area (Å²) >= 11 is 0.